The van der Waals surface area contributed by atoms with Crippen molar-refractivity contribution in [2.24, 2.45) is 0 Å². The molecule has 0 radical (unpaired) electrons. The predicted octanol–water partition coefficient (Wildman–Crippen LogP) is 1.22. The molecule has 0 aromatic heterocycles. The van der Waals surface area contributed by atoms with Gasteiger partial charge in [-0.15, -0.1) is 0 Å². The van der Waals surface area contributed by atoms with Gasteiger partial charge in [0.15, 0.2) is 0 Å². The third-order valence-electron chi connectivity index (χ3n) is 3.24. The summed E-state index contributed by atoms with van der Waals surface area (Å²) in [6.07, 6.45) is 6.54. The summed E-state index contributed by atoms with van der Waals surface area (Å²) >= 11 is 0. The van der Waals surface area contributed by atoms with Crippen LogP contribution in [0.5, 0.6) is 0 Å². The lowest BCUT2D eigenvalue weighted by Gasteiger charge is -2.35. The highest BCUT2D eigenvalue weighted by atomic mass is 16.3. The van der Waals surface area contributed by atoms with Crippen LogP contribution in [0.25, 0.3) is 0 Å². The average molecular weight is 214 g/mol. The van der Waals surface area contributed by atoms with E-state index >= 15 is 0 Å². The zero-order chi connectivity index (χ0) is 11.1. The molecule has 0 bridgehead atoms. The molecule has 1 aliphatic carbocycles. The van der Waals surface area contributed by atoms with Crippen LogP contribution in [-0.2, 0) is 0 Å². The van der Waals surface area contributed by atoms with Gasteiger partial charge in [-0.1, -0.05) is 19.3 Å². The van der Waals surface area contributed by atoms with Crippen LogP contribution in [0.1, 0.15) is 39.0 Å². The van der Waals surface area contributed by atoms with Gasteiger partial charge in [0.1, 0.15) is 0 Å². The molecule has 1 rings (SSSR count). The first-order chi connectivity index (χ1) is 7.24. The summed E-state index contributed by atoms with van der Waals surface area (Å²) in [5, 5.41) is 12.7. The van der Waals surface area contributed by atoms with Crippen molar-refractivity contribution in [3.05, 3.63) is 0 Å². The van der Waals surface area contributed by atoms with Crippen LogP contribution in [0.2, 0.25) is 0 Å². The first kappa shape index (κ1) is 12.9. The number of nitrogens with one attached hydrogen (secondary N) is 1. The van der Waals surface area contributed by atoms with Crippen LogP contribution >= 0.6 is 0 Å². The van der Waals surface area contributed by atoms with E-state index < -0.39 is 0 Å². The lowest BCUT2D eigenvalue weighted by molar-refractivity contribution is 0.0835. The Bertz CT molecular complexity index is 156. The topological polar surface area (TPSA) is 35.5 Å². The van der Waals surface area contributed by atoms with E-state index in [-0.39, 0.29) is 6.10 Å². The Kier molecular flexibility index (Phi) is 6.22. The fourth-order valence-electron chi connectivity index (χ4n) is 2.46. The molecular weight excluding hydrogens is 188 g/mol. The Morgan fingerprint density at radius 1 is 1.33 bits per heavy atom. The molecule has 2 N–H and O–H groups in total. The lowest BCUT2D eigenvalue weighted by Crippen LogP contribution is -2.43. The number of rotatable bonds is 6. The van der Waals surface area contributed by atoms with E-state index in [1.165, 1.54) is 32.1 Å². The molecule has 0 aromatic rings. The maximum absolute atomic E-state index is 9.49. The first-order valence-corrected chi connectivity index (χ1v) is 6.30. The van der Waals surface area contributed by atoms with Crippen molar-refractivity contribution in [1.82, 2.24) is 10.2 Å². The van der Waals surface area contributed by atoms with Crippen LogP contribution in [0.15, 0.2) is 0 Å². The number of hydrogen-bond donors (Lipinski definition) is 2. The minimum atomic E-state index is -0.205. The second-order valence-corrected chi connectivity index (χ2v) is 4.74. The van der Waals surface area contributed by atoms with E-state index in [4.69, 9.17) is 0 Å². The second kappa shape index (κ2) is 7.20. The van der Waals surface area contributed by atoms with Gasteiger partial charge < -0.3 is 10.4 Å². The molecule has 3 heteroatoms. The fraction of sp³-hybridized carbons (Fsp3) is 1.00. The minimum absolute atomic E-state index is 0.205. The van der Waals surface area contributed by atoms with Crippen molar-refractivity contribution >= 4 is 0 Å². The number of likely N-dealkylation sites (N-methyl/N-ethyl adjacent to an activating group) is 1. The minimum Gasteiger partial charge on any atom is -0.392 e. The van der Waals surface area contributed by atoms with Crippen molar-refractivity contribution < 1.29 is 5.11 Å². The summed E-state index contributed by atoms with van der Waals surface area (Å²) in [4.78, 5) is 2.46. The smallest absolute Gasteiger partial charge is 0.0639 e. The molecule has 0 saturated heterocycles. The molecule has 0 amide bonds. The van der Waals surface area contributed by atoms with Gasteiger partial charge in [0.05, 0.1) is 6.10 Å². The van der Waals surface area contributed by atoms with Gasteiger partial charge in [-0.05, 0) is 26.8 Å². The number of aliphatic hydroxyl groups excluding tert-OH is 1. The van der Waals surface area contributed by atoms with Crippen molar-refractivity contribution in [2.75, 3.05) is 26.7 Å². The Hall–Kier alpha value is -0.120. The number of hydrogen-bond acceptors (Lipinski definition) is 3. The Balaban J connectivity index is 2.37. The zero-order valence-electron chi connectivity index (χ0n) is 10.2. The molecule has 1 saturated carbocycles. The highest BCUT2D eigenvalue weighted by Gasteiger charge is 2.21. The van der Waals surface area contributed by atoms with Gasteiger partial charge in [0.2, 0.25) is 0 Å². The maximum atomic E-state index is 9.49. The second-order valence-electron chi connectivity index (χ2n) is 4.74. The third kappa shape index (κ3) is 4.96. The van der Waals surface area contributed by atoms with Crippen LogP contribution in [-0.4, -0.2) is 48.8 Å². The molecule has 1 atom stereocenters. The molecule has 0 aliphatic heterocycles. The summed E-state index contributed by atoms with van der Waals surface area (Å²) in [6, 6.07) is 0.710. The third-order valence-corrected chi connectivity index (χ3v) is 3.24. The summed E-state index contributed by atoms with van der Waals surface area (Å²) in [5.41, 5.74) is 0. The quantitative estimate of drug-likeness (QED) is 0.698. The first-order valence-electron chi connectivity index (χ1n) is 6.30. The van der Waals surface area contributed by atoms with Crippen LogP contribution in [0.3, 0.4) is 0 Å². The van der Waals surface area contributed by atoms with E-state index in [0.29, 0.717) is 6.04 Å². The van der Waals surface area contributed by atoms with Crippen LogP contribution in [0.4, 0.5) is 0 Å². The molecule has 3 nitrogen and oxygen atoms in total. The van der Waals surface area contributed by atoms with E-state index in [2.05, 4.69) is 10.2 Å². The Morgan fingerprint density at radius 3 is 2.53 bits per heavy atom. The highest BCUT2D eigenvalue weighted by molar-refractivity contribution is 4.77. The molecular formula is C12H26N2O. The van der Waals surface area contributed by atoms with E-state index in [0.717, 1.165) is 19.6 Å². The average Bonchev–Trinajstić information content (AvgIpc) is 2.25. The Morgan fingerprint density at radius 2 is 2.00 bits per heavy atom. The fourth-order valence-corrected chi connectivity index (χ4v) is 2.46. The molecule has 90 valence electrons. The zero-order valence-corrected chi connectivity index (χ0v) is 10.2. The normalized spacial score (nSPS) is 20.8. The molecule has 15 heavy (non-hydrogen) atoms. The number of nitrogens with zero attached hydrogens (tertiary/aromatic N) is 1. The van der Waals surface area contributed by atoms with Gasteiger partial charge in [-0.3, -0.25) is 4.90 Å². The van der Waals surface area contributed by atoms with E-state index in [1.807, 2.05) is 14.0 Å². The molecule has 0 spiro atoms. The summed E-state index contributed by atoms with van der Waals surface area (Å²) < 4.78 is 0. The molecule has 0 aromatic carbocycles. The van der Waals surface area contributed by atoms with E-state index in [9.17, 15) is 5.11 Å². The maximum Gasteiger partial charge on any atom is 0.0639 e. The molecule has 0 heterocycles. The van der Waals surface area contributed by atoms with Gasteiger partial charge >= 0.3 is 0 Å². The van der Waals surface area contributed by atoms with E-state index in [1.54, 1.807) is 0 Å². The summed E-state index contributed by atoms with van der Waals surface area (Å²) in [5.74, 6) is 0. The molecule has 1 aliphatic rings. The monoisotopic (exact) mass is 214 g/mol. The van der Waals surface area contributed by atoms with Crippen molar-refractivity contribution in [2.45, 2.75) is 51.2 Å². The largest absolute Gasteiger partial charge is 0.392 e. The molecule has 1 fully saturated rings. The SMILES string of the molecule is CNCCN(CC(C)O)C1CCCCC1. The van der Waals surface area contributed by atoms with Gasteiger partial charge in [-0.25, -0.2) is 0 Å². The lowest BCUT2D eigenvalue weighted by atomic mass is 9.94. The van der Waals surface area contributed by atoms with Crippen molar-refractivity contribution in [3.8, 4) is 0 Å². The van der Waals surface area contributed by atoms with Gasteiger partial charge in [-0.2, -0.15) is 0 Å². The van der Waals surface area contributed by atoms with Crippen LogP contribution in [0, 0.1) is 0 Å². The molecule has 1 unspecified atom stereocenters. The Labute approximate surface area is 93.9 Å². The summed E-state index contributed by atoms with van der Waals surface area (Å²) in [7, 11) is 1.99. The highest BCUT2D eigenvalue weighted by Crippen LogP contribution is 2.22. The summed E-state index contributed by atoms with van der Waals surface area (Å²) in [6.45, 7) is 4.79. The van der Waals surface area contributed by atoms with Gasteiger partial charge in [0.25, 0.3) is 0 Å². The number of aliphatic hydroxyl groups is 1. The van der Waals surface area contributed by atoms with Crippen molar-refractivity contribution in [3.63, 3.8) is 0 Å². The predicted molar refractivity (Wildman–Crippen MR) is 64.1 cm³/mol. The van der Waals surface area contributed by atoms with Crippen molar-refractivity contribution in [1.29, 1.82) is 0 Å². The standard InChI is InChI=1S/C12H26N2O/c1-11(15)10-14(9-8-13-2)12-6-4-3-5-7-12/h11-13,15H,3-10H2,1-2H3. The van der Waals surface area contributed by atoms with Crippen LogP contribution < -0.4 is 5.32 Å². The van der Waals surface area contributed by atoms with Gasteiger partial charge in [0, 0.05) is 25.7 Å².